The molecule has 0 fully saturated rings. The molecule has 1 aromatic heterocycles. The summed E-state index contributed by atoms with van der Waals surface area (Å²) in [6.07, 6.45) is 3.74. The Hall–Kier alpha value is -1.61. The van der Waals surface area contributed by atoms with Crippen LogP contribution in [0.5, 0.6) is 0 Å². The summed E-state index contributed by atoms with van der Waals surface area (Å²) in [5.74, 6) is 0.714. The predicted octanol–water partition coefficient (Wildman–Crippen LogP) is 3.05. The Balaban J connectivity index is 2.10. The van der Waals surface area contributed by atoms with Gasteiger partial charge in [0.05, 0.1) is 11.7 Å². The summed E-state index contributed by atoms with van der Waals surface area (Å²) in [5, 5.41) is 3.29. The predicted molar refractivity (Wildman–Crippen MR) is 72.6 cm³/mol. The van der Waals surface area contributed by atoms with Crippen molar-refractivity contribution >= 4 is 0 Å². The van der Waals surface area contributed by atoms with E-state index < -0.39 is 0 Å². The SMILES string of the molecule is CCc1ccc(CC(NC)c2coc(C)n2)cc1. The molecule has 0 aliphatic rings. The lowest BCUT2D eigenvalue weighted by Crippen LogP contribution is -2.19. The molecular formula is C15H20N2O. The van der Waals surface area contributed by atoms with Gasteiger partial charge in [-0.05, 0) is 31.0 Å². The van der Waals surface area contributed by atoms with Crippen LogP contribution in [0.4, 0.5) is 0 Å². The molecule has 1 heterocycles. The highest BCUT2D eigenvalue weighted by Crippen LogP contribution is 2.18. The summed E-state index contributed by atoms with van der Waals surface area (Å²) in [4.78, 5) is 4.38. The zero-order chi connectivity index (χ0) is 13.0. The maximum Gasteiger partial charge on any atom is 0.191 e. The zero-order valence-electron chi connectivity index (χ0n) is 11.2. The number of rotatable bonds is 5. The maximum absolute atomic E-state index is 5.27. The van der Waals surface area contributed by atoms with Gasteiger partial charge in [-0.15, -0.1) is 0 Å². The van der Waals surface area contributed by atoms with E-state index in [1.165, 1.54) is 11.1 Å². The standard InChI is InChI=1S/C15H20N2O/c1-4-12-5-7-13(8-6-12)9-14(16-3)15-10-18-11(2)17-15/h5-8,10,14,16H,4,9H2,1-3H3. The molecule has 2 rings (SSSR count). The minimum absolute atomic E-state index is 0.204. The molecule has 0 saturated carbocycles. The van der Waals surface area contributed by atoms with Crippen LogP contribution in [0.15, 0.2) is 34.9 Å². The summed E-state index contributed by atoms with van der Waals surface area (Å²) in [6.45, 7) is 4.04. The highest BCUT2D eigenvalue weighted by molar-refractivity contribution is 5.24. The molecule has 1 N–H and O–H groups in total. The molecule has 18 heavy (non-hydrogen) atoms. The first-order valence-electron chi connectivity index (χ1n) is 6.40. The fraction of sp³-hybridized carbons (Fsp3) is 0.400. The second-order valence-corrected chi connectivity index (χ2v) is 4.51. The second kappa shape index (κ2) is 5.83. The first-order chi connectivity index (χ1) is 8.72. The van der Waals surface area contributed by atoms with Crippen LogP contribution in [0.1, 0.15) is 35.7 Å². The summed E-state index contributed by atoms with van der Waals surface area (Å²) in [5.41, 5.74) is 3.65. The third kappa shape index (κ3) is 2.99. The van der Waals surface area contributed by atoms with Gasteiger partial charge in [-0.1, -0.05) is 31.2 Å². The van der Waals surface area contributed by atoms with Gasteiger partial charge in [0.2, 0.25) is 0 Å². The van der Waals surface area contributed by atoms with E-state index in [2.05, 4.69) is 41.5 Å². The van der Waals surface area contributed by atoms with Crippen molar-refractivity contribution in [3.63, 3.8) is 0 Å². The number of nitrogens with zero attached hydrogens (tertiary/aromatic N) is 1. The Morgan fingerprint density at radius 2 is 1.89 bits per heavy atom. The normalized spacial score (nSPS) is 12.6. The van der Waals surface area contributed by atoms with Crippen LogP contribution in [0.25, 0.3) is 0 Å². The molecule has 3 heteroatoms. The number of oxazole rings is 1. The average molecular weight is 244 g/mol. The Labute approximate surface area is 108 Å². The third-order valence-electron chi connectivity index (χ3n) is 3.21. The van der Waals surface area contributed by atoms with E-state index in [4.69, 9.17) is 4.42 Å². The molecule has 1 atom stereocenters. The Morgan fingerprint density at radius 1 is 1.22 bits per heavy atom. The van der Waals surface area contributed by atoms with Crippen molar-refractivity contribution in [1.82, 2.24) is 10.3 Å². The van der Waals surface area contributed by atoms with E-state index >= 15 is 0 Å². The van der Waals surface area contributed by atoms with Crippen molar-refractivity contribution < 1.29 is 4.42 Å². The van der Waals surface area contributed by atoms with Gasteiger partial charge in [-0.2, -0.15) is 0 Å². The van der Waals surface area contributed by atoms with Crippen molar-refractivity contribution in [2.45, 2.75) is 32.7 Å². The number of nitrogens with one attached hydrogen (secondary N) is 1. The highest BCUT2D eigenvalue weighted by atomic mass is 16.3. The van der Waals surface area contributed by atoms with Crippen LogP contribution in [0, 0.1) is 6.92 Å². The Kier molecular flexibility index (Phi) is 4.15. The Bertz CT molecular complexity index is 487. The largest absolute Gasteiger partial charge is 0.449 e. The van der Waals surface area contributed by atoms with E-state index in [1.807, 2.05) is 14.0 Å². The molecule has 0 aliphatic heterocycles. The van der Waals surface area contributed by atoms with E-state index in [0.717, 1.165) is 18.5 Å². The van der Waals surface area contributed by atoms with Crippen molar-refractivity contribution in [3.05, 3.63) is 53.2 Å². The fourth-order valence-electron chi connectivity index (χ4n) is 2.04. The van der Waals surface area contributed by atoms with Gasteiger partial charge in [0, 0.05) is 6.92 Å². The minimum atomic E-state index is 0.204. The molecule has 1 aromatic carbocycles. The van der Waals surface area contributed by atoms with E-state index in [0.29, 0.717) is 5.89 Å². The number of likely N-dealkylation sites (N-methyl/N-ethyl adjacent to an activating group) is 1. The van der Waals surface area contributed by atoms with Gasteiger partial charge in [-0.25, -0.2) is 4.98 Å². The van der Waals surface area contributed by atoms with Gasteiger partial charge in [-0.3, -0.25) is 0 Å². The van der Waals surface area contributed by atoms with Crippen molar-refractivity contribution in [3.8, 4) is 0 Å². The van der Waals surface area contributed by atoms with Gasteiger partial charge in [0.1, 0.15) is 6.26 Å². The zero-order valence-corrected chi connectivity index (χ0v) is 11.2. The summed E-state index contributed by atoms with van der Waals surface area (Å²) in [7, 11) is 1.95. The molecule has 0 radical (unpaired) electrons. The molecule has 1 unspecified atom stereocenters. The summed E-state index contributed by atoms with van der Waals surface area (Å²) < 4.78 is 5.27. The molecule has 0 aliphatic carbocycles. The van der Waals surface area contributed by atoms with Crippen LogP contribution in [0.3, 0.4) is 0 Å². The Morgan fingerprint density at radius 3 is 2.39 bits per heavy atom. The lowest BCUT2D eigenvalue weighted by Gasteiger charge is -2.13. The third-order valence-corrected chi connectivity index (χ3v) is 3.21. The number of aromatic nitrogens is 1. The molecule has 2 aromatic rings. The monoisotopic (exact) mass is 244 g/mol. The van der Waals surface area contributed by atoms with Crippen molar-refractivity contribution in [2.75, 3.05) is 7.05 Å². The fourth-order valence-corrected chi connectivity index (χ4v) is 2.04. The van der Waals surface area contributed by atoms with E-state index in [9.17, 15) is 0 Å². The van der Waals surface area contributed by atoms with Gasteiger partial charge >= 0.3 is 0 Å². The van der Waals surface area contributed by atoms with Crippen LogP contribution < -0.4 is 5.32 Å². The van der Waals surface area contributed by atoms with Crippen LogP contribution >= 0.6 is 0 Å². The van der Waals surface area contributed by atoms with E-state index in [-0.39, 0.29) is 6.04 Å². The molecule has 96 valence electrons. The molecular weight excluding hydrogens is 224 g/mol. The number of hydrogen-bond acceptors (Lipinski definition) is 3. The number of benzene rings is 1. The van der Waals surface area contributed by atoms with E-state index in [1.54, 1.807) is 6.26 Å². The summed E-state index contributed by atoms with van der Waals surface area (Å²) in [6, 6.07) is 8.97. The average Bonchev–Trinajstić information content (AvgIpc) is 2.83. The van der Waals surface area contributed by atoms with Crippen LogP contribution in [-0.4, -0.2) is 12.0 Å². The quantitative estimate of drug-likeness (QED) is 0.878. The smallest absolute Gasteiger partial charge is 0.191 e. The highest BCUT2D eigenvalue weighted by Gasteiger charge is 2.13. The van der Waals surface area contributed by atoms with Crippen molar-refractivity contribution in [1.29, 1.82) is 0 Å². The second-order valence-electron chi connectivity index (χ2n) is 4.51. The molecule has 0 saturated heterocycles. The first kappa shape index (κ1) is 12.8. The lowest BCUT2D eigenvalue weighted by molar-refractivity contribution is 0.516. The van der Waals surface area contributed by atoms with Gasteiger partial charge < -0.3 is 9.73 Å². The van der Waals surface area contributed by atoms with Crippen molar-refractivity contribution in [2.24, 2.45) is 0 Å². The lowest BCUT2D eigenvalue weighted by atomic mass is 10.0. The minimum Gasteiger partial charge on any atom is -0.449 e. The molecule has 3 nitrogen and oxygen atoms in total. The summed E-state index contributed by atoms with van der Waals surface area (Å²) >= 11 is 0. The topological polar surface area (TPSA) is 38.1 Å². The van der Waals surface area contributed by atoms with Crippen LogP contribution in [-0.2, 0) is 12.8 Å². The molecule has 0 amide bonds. The maximum atomic E-state index is 5.27. The van der Waals surface area contributed by atoms with Crippen LogP contribution in [0.2, 0.25) is 0 Å². The van der Waals surface area contributed by atoms with Gasteiger partial charge in [0.25, 0.3) is 0 Å². The first-order valence-corrected chi connectivity index (χ1v) is 6.40. The number of hydrogen-bond donors (Lipinski definition) is 1. The number of aryl methyl sites for hydroxylation is 2. The van der Waals surface area contributed by atoms with Gasteiger partial charge in [0.15, 0.2) is 5.89 Å². The molecule has 0 bridgehead atoms. The molecule has 0 spiro atoms.